The quantitative estimate of drug-likeness (QED) is 0.645. The number of amides is 1. The molecule has 0 aliphatic carbocycles. The molecule has 2 aromatic heterocycles. The third kappa shape index (κ3) is 4.83. The monoisotopic (exact) mass is 484 g/mol. The molecule has 0 spiro atoms. The van der Waals surface area contributed by atoms with Crippen LogP contribution in [0.1, 0.15) is 61.8 Å². The van der Waals surface area contributed by atoms with Crippen molar-refractivity contribution in [2.75, 3.05) is 57.3 Å². The van der Waals surface area contributed by atoms with Crippen molar-refractivity contribution in [1.29, 1.82) is 0 Å². The molecule has 1 fully saturated rings. The van der Waals surface area contributed by atoms with Crippen LogP contribution in [0.25, 0.3) is 0 Å². The van der Waals surface area contributed by atoms with Crippen LogP contribution in [-0.4, -0.2) is 73.3 Å². The van der Waals surface area contributed by atoms with E-state index in [0.29, 0.717) is 19.1 Å². The number of ether oxygens (including phenoxy) is 2. The van der Waals surface area contributed by atoms with E-state index in [1.54, 1.807) is 4.90 Å². The molecule has 3 aliphatic rings. The SMILES string of the molecule is CC.COC(=O)N1CCc2c(c(N3CCCc4nc(C)c(N(C)C)cc43)nn2C2CCOCC2)C1. The van der Waals surface area contributed by atoms with Gasteiger partial charge in [-0.25, -0.2) is 4.79 Å². The van der Waals surface area contributed by atoms with Gasteiger partial charge in [0.05, 0.1) is 42.5 Å². The summed E-state index contributed by atoms with van der Waals surface area (Å²) in [5, 5.41) is 5.22. The van der Waals surface area contributed by atoms with E-state index < -0.39 is 0 Å². The fraction of sp³-hybridized carbons (Fsp3) is 0.654. The van der Waals surface area contributed by atoms with Crippen molar-refractivity contribution >= 4 is 23.3 Å². The summed E-state index contributed by atoms with van der Waals surface area (Å²) in [5.41, 5.74) is 6.81. The van der Waals surface area contributed by atoms with Crippen LogP contribution in [0.2, 0.25) is 0 Å². The smallest absolute Gasteiger partial charge is 0.409 e. The molecule has 5 rings (SSSR count). The van der Waals surface area contributed by atoms with Crippen LogP contribution in [0.3, 0.4) is 0 Å². The maximum atomic E-state index is 12.4. The zero-order valence-corrected chi connectivity index (χ0v) is 22.1. The molecule has 5 heterocycles. The zero-order valence-electron chi connectivity index (χ0n) is 22.1. The van der Waals surface area contributed by atoms with Gasteiger partial charge in [-0.15, -0.1) is 0 Å². The molecule has 0 radical (unpaired) electrons. The maximum absolute atomic E-state index is 12.4. The minimum atomic E-state index is -0.281. The molecule has 0 N–H and O–H groups in total. The molecule has 192 valence electrons. The van der Waals surface area contributed by atoms with E-state index in [1.807, 2.05) is 13.8 Å². The minimum absolute atomic E-state index is 0.281. The number of pyridine rings is 1. The Morgan fingerprint density at radius 1 is 1.17 bits per heavy atom. The third-order valence-corrected chi connectivity index (χ3v) is 7.10. The van der Waals surface area contributed by atoms with Gasteiger partial charge >= 0.3 is 6.09 Å². The molecular weight excluding hydrogens is 444 g/mol. The van der Waals surface area contributed by atoms with E-state index in [0.717, 1.165) is 86.0 Å². The number of rotatable bonds is 3. The van der Waals surface area contributed by atoms with Crippen molar-refractivity contribution < 1.29 is 14.3 Å². The summed E-state index contributed by atoms with van der Waals surface area (Å²) in [5.74, 6) is 0.960. The normalized spacial score (nSPS) is 17.8. The molecule has 1 amide bonds. The maximum Gasteiger partial charge on any atom is 0.409 e. The Hall–Kier alpha value is -2.81. The van der Waals surface area contributed by atoms with E-state index in [2.05, 4.69) is 41.6 Å². The predicted octanol–water partition coefficient (Wildman–Crippen LogP) is 4.24. The second-order valence-electron chi connectivity index (χ2n) is 9.39. The molecule has 0 unspecified atom stereocenters. The lowest BCUT2D eigenvalue weighted by molar-refractivity contribution is 0.0649. The molecule has 1 saturated heterocycles. The van der Waals surface area contributed by atoms with E-state index in [1.165, 1.54) is 12.8 Å². The summed E-state index contributed by atoms with van der Waals surface area (Å²) in [6, 6.07) is 2.58. The first-order valence-corrected chi connectivity index (χ1v) is 12.9. The lowest BCUT2D eigenvalue weighted by Gasteiger charge is -2.33. The van der Waals surface area contributed by atoms with Crippen molar-refractivity contribution in [3.63, 3.8) is 0 Å². The van der Waals surface area contributed by atoms with Gasteiger partial charge in [-0.3, -0.25) is 9.67 Å². The molecule has 0 bridgehead atoms. The molecular formula is C26H40N6O3. The van der Waals surface area contributed by atoms with E-state index in [-0.39, 0.29) is 6.09 Å². The zero-order chi connectivity index (χ0) is 25.1. The van der Waals surface area contributed by atoms with Crippen LogP contribution < -0.4 is 9.80 Å². The largest absolute Gasteiger partial charge is 0.453 e. The van der Waals surface area contributed by atoms with Crippen molar-refractivity contribution in [1.82, 2.24) is 19.7 Å². The number of carbonyl (C=O) groups is 1. The van der Waals surface area contributed by atoms with Gasteiger partial charge in [0, 0.05) is 58.1 Å². The van der Waals surface area contributed by atoms with Gasteiger partial charge in [-0.05, 0) is 38.7 Å². The molecule has 35 heavy (non-hydrogen) atoms. The Morgan fingerprint density at radius 3 is 2.60 bits per heavy atom. The number of hydrogen-bond acceptors (Lipinski definition) is 7. The average molecular weight is 485 g/mol. The molecule has 0 saturated carbocycles. The Morgan fingerprint density at radius 2 is 1.91 bits per heavy atom. The first kappa shape index (κ1) is 25.3. The van der Waals surface area contributed by atoms with Crippen LogP contribution >= 0.6 is 0 Å². The van der Waals surface area contributed by atoms with Crippen molar-refractivity contribution in [2.24, 2.45) is 0 Å². The van der Waals surface area contributed by atoms with Gasteiger partial charge in [0.2, 0.25) is 0 Å². The number of hydrogen-bond donors (Lipinski definition) is 0. The number of methoxy groups -OCH3 is 1. The van der Waals surface area contributed by atoms with Crippen molar-refractivity contribution in [2.45, 2.75) is 65.5 Å². The highest BCUT2D eigenvalue weighted by Crippen LogP contribution is 2.40. The molecule has 9 heteroatoms. The van der Waals surface area contributed by atoms with Crippen LogP contribution in [0.4, 0.5) is 22.0 Å². The topological polar surface area (TPSA) is 76.0 Å². The fourth-order valence-electron chi connectivity index (χ4n) is 5.41. The van der Waals surface area contributed by atoms with E-state index >= 15 is 0 Å². The summed E-state index contributed by atoms with van der Waals surface area (Å²) >= 11 is 0. The molecule has 0 atom stereocenters. The summed E-state index contributed by atoms with van der Waals surface area (Å²) in [6.07, 6.45) is 4.44. The molecule has 0 aromatic carbocycles. The first-order chi connectivity index (χ1) is 17.0. The van der Waals surface area contributed by atoms with Crippen LogP contribution in [0, 0.1) is 6.92 Å². The lowest BCUT2D eigenvalue weighted by Crippen LogP contribution is -2.37. The van der Waals surface area contributed by atoms with E-state index in [9.17, 15) is 4.79 Å². The lowest BCUT2D eigenvalue weighted by atomic mass is 10.0. The number of aromatic nitrogens is 3. The van der Waals surface area contributed by atoms with Crippen molar-refractivity contribution in [3.8, 4) is 0 Å². The van der Waals surface area contributed by atoms with Gasteiger partial charge in [0.1, 0.15) is 0 Å². The number of anilines is 3. The Balaban J connectivity index is 0.00000141. The highest BCUT2D eigenvalue weighted by atomic mass is 16.5. The van der Waals surface area contributed by atoms with Gasteiger partial charge in [-0.1, -0.05) is 13.8 Å². The number of nitrogens with zero attached hydrogens (tertiary/aromatic N) is 6. The highest BCUT2D eigenvalue weighted by Gasteiger charge is 2.34. The van der Waals surface area contributed by atoms with Crippen molar-refractivity contribution in [3.05, 3.63) is 28.7 Å². The Labute approximate surface area is 209 Å². The fourth-order valence-corrected chi connectivity index (χ4v) is 5.41. The highest BCUT2D eigenvalue weighted by molar-refractivity contribution is 5.73. The number of aryl methyl sites for hydroxylation is 2. The standard InChI is InChI=1S/C24H34N6O3.C2H6/c1-16-21(27(2)3)14-22-19(25-16)6-5-10-29(22)23-18-15-28(24(31)32-4)11-7-20(18)30(26-23)17-8-12-33-13-9-17;1-2/h14,17H,5-13,15H2,1-4H3;1-2H3. The second-order valence-corrected chi connectivity index (χ2v) is 9.39. The second kappa shape index (κ2) is 10.8. The molecule has 9 nitrogen and oxygen atoms in total. The molecule has 3 aliphatic heterocycles. The third-order valence-electron chi connectivity index (χ3n) is 7.10. The van der Waals surface area contributed by atoms with Gasteiger partial charge in [-0.2, -0.15) is 5.10 Å². The van der Waals surface area contributed by atoms with Crippen LogP contribution in [0.5, 0.6) is 0 Å². The number of carbonyl (C=O) groups excluding carboxylic acids is 1. The summed E-state index contributed by atoms with van der Waals surface area (Å²) < 4.78 is 12.9. The predicted molar refractivity (Wildman–Crippen MR) is 138 cm³/mol. The number of fused-ring (bicyclic) bond motifs is 2. The Bertz CT molecular complexity index is 1040. The average Bonchev–Trinajstić information content (AvgIpc) is 3.27. The Kier molecular flexibility index (Phi) is 7.84. The first-order valence-electron chi connectivity index (χ1n) is 12.9. The van der Waals surface area contributed by atoms with E-state index in [4.69, 9.17) is 19.6 Å². The van der Waals surface area contributed by atoms with Crippen LogP contribution in [0.15, 0.2) is 6.07 Å². The summed E-state index contributed by atoms with van der Waals surface area (Å²) in [6.45, 7) is 9.67. The summed E-state index contributed by atoms with van der Waals surface area (Å²) in [7, 11) is 5.56. The van der Waals surface area contributed by atoms with Crippen LogP contribution in [-0.2, 0) is 28.9 Å². The summed E-state index contributed by atoms with van der Waals surface area (Å²) in [4.78, 5) is 23.5. The van der Waals surface area contributed by atoms with Gasteiger partial charge < -0.3 is 24.2 Å². The van der Waals surface area contributed by atoms with Gasteiger partial charge in [0.25, 0.3) is 0 Å². The van der Waals surface area contributed by atoms with Gasteiger partial charge in [0.15, 0.2) is 5.82 Å². The minimum Gasteiger partial charge on any atom is -0.453 e. The molecule has 2 aromatic rings.